The van der Waals surface area contributed by atoms with Crippen LogP contribution in [0.3, 0.4) is 0 Å². The van der Waals surface area contributed by atoms with Gasteiger partial charge in [-0.2, -0.15) is 0 Å². The van der Waals surface area contributed by atoms with Crippen molar-refractivity contribution in [2.24, 2.45) is 7.05 Å². The first-order valence-corrected chi connectivity index (χ1v) is 5.60. The zero-order chi connectivity index (χ0) is 14.3. The van der Waals surface area contributed by atoms with Crippen LogP contribution < -0.4 is 9.88 Å². The number of carbonyl (C=O) groups excluding carboxylic acids is 2. The van der Waals surface area contributed by atoms with E-state index in [1.807, 2.05) is 0 Å². The molecular formula is C12H15N2O5+. The molecule has 7 nitrogen and oxygen atoms in total. The quantitative estimate of drug-likeness (QED) is 0.415. The molecule has 19 heavy (non-hydrogen) atoms. The first-order chi connectivity index (χ1) is 8.99. The second kappa shape index (κ2) is 7.10. The molecule has 0 radical (unpaired) electrons. The molecule has 1 amide bonds. The topological polar surface area (TPSA) is 96.6 Å². The van der Waals surface area contributed by atoms with Crippen LogP contribution in [-0.4, -0.2) is 29.7 Å². The summed E-state index contributed by atoms with van der Waals surface area (Å²) < 4.78 is 6.39. The van der Waals surface area contributed by atoms with Crippen LogP contribution in [0.15, 0.2) is 24.5 Å². The van der Waals surface area contributed by atoms with E-state index in [4.69, 9.17) is 5.11 Å². The van der Waals surface area contributed by atoms with Crippen molar-refractivity contribution in [1.82, 2.24) is 5.32 Å². The van der Waals surface area contributed by atoms with Crippen LogP contribution in [0, 0.1) is 0 Å². The van der Waals surface area contributed by atoms with Gasteiger partial charge in [-0.3, -0.25) is 14.4 Å². The van der Waals surface area contributed by atoms with E-state index in [0.717, 1.165) is 0 Å². The van der Waals surface area contributed by atoms with Crippen molar-refractivity contribution in [3.8, 4) is 0 Å². The third kappa shape index (κ3) is 5.62. The summed E-state index contributed by atoms with van der Waals surface area (Å²) in [7, 11) is 1.78. The number of aromatic nitrogens is 1. The van der Waals surface area contributed by atoms with Crippen LogP contribution in [0.5, 0.6) is 0 Å². The third-order valence-electron chi connectivity index (χ3n) is 2.21. The van der Waals surface area contributed by atoms with Gasteiger partial charge in [0.05, 0.1) is 12.8 Å². The summed E-state index contributed by atoms with van der Waals surface area (Å²) in [5.41, 5.74) is 0.437. The SMILES string of the molecule is C[n+]1cccc(C(=O)NCOC(=O)CCC(=O)O)c1. The van der Waals surface area contributed by atoms with Gasteiger partial charge < -0.3 is 15.2 Å². The number of nitrogens with one attached hydrogen (secondary N) is 1. The van der Waals surface area contributed by atoms with Crippen molar-refractivity contribution in [3.05, 3.63) is 30.1 Å². The van der Waals surface area contributed by atoms with E-state index >= 15 is 0 Å². The summed E-state index contributed by atoms with van der Waals surface area (Å²) in [5.74, 6) is -2.11. The van der Waals surface area contributed by atoms with Gasteiger partial charge in [-0.15, -0.1) is 0 Å². The third-order valence-corrected chi connectivity index (χ3v) is 2.21. The Kier molecular flexibility index (Phi) is 5.46. The highest BCUT2D eigenvalue weighted by molar-refractivity contribution is 5.93. The summed E-state index contributed by atoms with van der Waals surface area (Å²) in [4.78, 5) is 32.9. The van der Waals surface area contributed by atoms with Crippen LogP contribution in [0.25, 0.3) is 0 Å². The molecule has 0 spiro atoms. The van der Waals surface area contributed by atoms with Crippen LogP contribution in [0.4, 0.5) is 0 Å². The standard InChI is InChI=1S/C12H14N2O5/c1-14-6-2-3-9(7-14)12(18)13-8-19-11(17)5-4-10(15)16/h2-3,6-7H,4-5,8H2,1H3,(H-,13,15,16,18)/p+1. The highest BCUT2D eigenvalue weighted by Gasteiger charge is 2.10. The molecule has 1 heterocycles. The van der Waals surface area contributed by atoms with Gasteiger partial charge in [0.15, 0.2) is 19.1 Å². The van der Waals surface area contributed by atoms with E-state index in [9.17, 15) is 14.4 Å². The van der Waals surface area contributed by atoms with Crippen molar-refractivity contribution in [2.75, 3.05) is 6.73 Å². The van der Waals surface area contributed by atoms with E-state index in [1.165, 1.54) is 0 Å². The minimum Gasteiger partial charge on any atom is -0.481 e. The number of ether oxygens (including phenoxy) is 1. The minimum absolute atomic E-state index is 0.217. The number of esters is 1. The molecule has 0 bridgehead atoms. The molecule has 0 aromatic carbocycles. The number of rotatable bonds is 6. The molecule has 102 valence electrons. The molecule has 0 atom stereocenters. The predicted octanol–water partition coefficient (Wildman–Crippen LogP) is -0.394. The van der Waals surface area contributed by atoms with Gasteiger partial charge >= 0.3 is 11.9 Å². The minimum atomic E-state index is -1.07. The number of carboxylic acids is 1. The van der Waals surface area contributed by atoms with Gasteiger partial charge in [0, 0.05) is 6.07 Å². The monoisotopic (exact) mass is 267 g/mol. The Morgan fingerprint density at radius 2 is 2.11 bits per heavy atom. The number of aliphatic carboxylic acids is 1. The first kappa shape index (κ1) is 14.6. The fraction of sp³-hybridized carbons (Fsp3) is 0.333. The Morgan fingerprint density at radius 3 is 2.74 bits per heavy atom. The molecule has 0 saturated carbocycles. The number of hydrogen-bond donors (Lipinski definition) is 2. The summed E-state index contributed by atoms with van der Waals surface area (Å²) >= 11 is 0. The number of amides is 1. The van der Waals surface area contributed by atoms with Crippen molar-refractivity contribution in [2.45, 2.75) is 12.8 Å². The van der Waals surface area contributed by atoms with Crippen LogP contribution in [-0.2, 0) is 21.4 Å². The summed E-state index contributed by atoms with van der Waals surface area (Å²) in [6.07, 6.45) is 2.90. The lowest BCUT2D eigenvalue weighted by molar-refractivity contribution is -0.671. The Hall–Kier alpha value is -2.44. The second-order valence-electron chi connectivity index (χ2n) is 3.82. The Labute approximate surface area is 109 Å². The smallest absolute Gasteiger partial charge is 0.308 e. The molecule has 0 fully saturated rings. The maximum absolute atomic E-state index is 11.6. The first-order valence-electron chi connectivity index (χ1n) is 5.60. The van der Waals surface area contributed by atoms with Crippen molar-refractivity contribution in [3.63, 3.8) is 0 Å². The number of aryl methyl sites for hydroxylation is 1. The predicted molar refractivity (Wildman–Crippen MR) is 62.9 cm³/mol. The van der Waals surface area contributed by atoms with Gasteiger partial charge in [0.1, 0.15) is 12.6 Å². The van der Waals surface area contributed by atoms with Crippen molar-refractivity contribution >= 4 is 17.8 Å². The second-order valence-corrected chi connectivity index (χ2v) is 3.82. The molecule has 7 heteroatoms. The average molecular weight is 267 g/mol. The summed E-state index contributed by atoms with van der Waals surface area (Å²) in [6.45, 7) is -0.282. The highest BCUT2D eigenvalue weighted by atomic mass is 16.5. The van der Waals surface area contributed by atoms with Crippen LogP contribution >= 0.6 is 0 Å². The van der Waals surface area contributed by atoms with E-state index in [0.29, 0.717) is 5.56 Å². The lowest BCUT2D eigenvalue weighted by Gasteiger charge is -2.05. The summed E-state index contributed by atoms with van der Waals surface area (Å²) in [6, 6.07) is 3.34. The van der Waals surface area contributed by atoms with Crippen LogP contribution in [0.2, 0.25) is 0 Å². The molecule has 1 aromatic rings. The maximum atomic E-state index is 11.6. The van der Waals surface area contributed by atoms with Gasteiger partial charge in [-0.1, -0.05) is 0 Å². The summed E-state index contributed by atoms with van der Waals surface area (Å²) in [5, 5.41) is 10.8. The molecule has 0 unspecified atom stereocenters. The Balaban J connectivity index is 2.31. The molecule has 0 aliphatic carbocycles. The zero-order valence-corrected chi connectivity index (χ0v) is 10.5. The molecule has 1 aromatic heterocycles. The molecular weight excluding hydrogens is 252 g/mol. The highest BCUT2D eigenvalue weighted by Crippen LogP contribution is 1.95. The molecule has 0 aliphatic heterocycles. The van der Waals surface area contributed by atoms with Crippen molar-refractivity contribution < 1.29 is 28.8 Å². The lowest BCUT2D eigenvalue weighted by atomic mass is 10.3. The number of hydrogen-bond acceptors (Lipinski definition) is 4. The normalized spacial score (nSPS) is 9.74. The molecule has 2 N–H and O–H groups in total. The van der Waals surface area contributed by atoms with E-state index in [-0.39, 0.29) is 25.5 Å². The number of pyridine rings is 1. The number of carbonyl (C=O) groups is 3. The van der Waals surface area contributed by atoms with E-state index < -0.39 is 11.9 Å². The largest absolute Gasteiger partial charge is 0.481 e. The molecule has 0 saturated heterocycles. The van der Waals surface area contributed by atoms with Crippen LogP contribution in [0.1, 0.15) is 23.2 Å². The Bertz CT molecular complexity index is 487. The van der Waals surface area contributed by atoms with Gasteiger partial charge in [0.25, 0.3) is 5.91 Å². The van der Waals surface area contributed by atoms with Gasteiger partial charge in [-0.05, 0) is 6.07 Å². The Morgan fingerprint density at radius 1 is 1.37 bits per heavy atom. The van der Waals surface area contributed by atoms with Crippen molar-refractivity contribution in [1.29, 1.82) is 0 Å². The lowest BCUT2D eigenvalue weighted by Crippen LogP contribution is -2.32. The molecule has 1 rings (SSSR count). The maximum Gasteiger partial charge on any atom is 0.308 e. The molecule has 0 aliphatic rings. The zero-order valence-electron chi connectivity index (χ0n) is 10.5. The fourth-order valence-electron chi connectivity index (χ4n) is 1.29. The van der Waals surface area contributed by atoms with E-state index in [1.54, 1.807) is 36.1 Å². The average Bonchev–Trinajstić information content (AvgIpc) is 2.36. The fourth-order valence-corrected chi connectivity index (χ4v) is 1.29. The van der Waals surface area contributed by atoms with E-state index in [2.05, 4.69) is 10.1 Å². The van der Waals surface area contributed by atoms with Gasteiger partial charge in [-0.25, -0.2) is 4.57 Å². The number of nitrogens with zero attached hydrogens (tertiary/aromatic N) is 1. The number of carboxylic acid groups (broad SMARTS) is 1. The van der Waals surface area contributed by atoms with Gasteiger partial charge in [0.2, 0.25) is 0 Å².